The number of amides is 1. The molecule has 7 heteroatoms. The molecule has 34 heavy (non-hydrogen) atoms. The normalized spacial score (nSPS) is 19.3. The Labute approximate surface area is 199 Å². The van der Waals surface area contributed by atoms with E-state index in [1.165, 1.54) is 4.90 Å². The lowest BCUT2D eigenvalue weighted by Crippen LogP contribution is -2.31. The predicted octanol–water partition coefficient (Wildman–Crippen LogP) is 4.26. The van der Waals surface area contributed by atoms with Crippen LogP contribution in [0.25, 0.3) is 5.76 Å². The van der Waals surface area contributed by atoms with Crippen LogP contribution in [0, 0.1) is 0 Å². The lowest BCUT2D eigenvalue weighted by molar-refractivity contribution is -0.140. The van der Waals surface area contributed by atoms with Crippen molar-refractivity contribution in [3.63, 3.8) is 0 Å². The monoisotopic (exact) mass is 465 g/mol. The van der Waals surface area contributed by atoms with Crippen LogP contribution >= 0.6 is 0 Å². The first-order chi connectivity index (χ1) is 16.4. The van der Waals surface area contributed by atoms with E-state index in [0.29, 0.717) is 43.1 Å². The Hall–Kier alpha value is -3.32. The van der Waals surface area contributed by atoms with Crippen LogP contribution in [-0.2, 0) is 20.7 Å². The second-order valence-corrected chi connectivity index (χ2v) is 8.85. The number of fused-ring (bicyclic) bond motifs is 1. The van der Waals surface area contributed by atoms with Gasteiger partial charge in [0.25, 0.3) is 11.7 Å². The van der Waals surface area contributed by atoms with Crippen LogP contribution in [0.2, 0.25) is 0 Å². The third kappa shape index (κ3) is 4.80. The SMILES string of the molecule is COCCCN1C(=O)C(=O)/C(=C(\O)c2ccc3c(c2)CCCO3)C1c1cccc(OC(C)C)c1. The molecule has 2 aromatic carbocycles. The van der Waals surface area contributed by atoms with E-state index in [1.54, 1.807) is 13.2 Å². The number of hydrogen-bond acceptors (Lipinski definition) is 6. The Morgan fingerprint density at radius 3 is 2.79 bits per heavy atom. The fraction of sp³-hybridized carbons (Fsp3) is 0.407. The van der Waals surface area contributed by atoms with Gasteiger partial charge in [0.2, 0.25) is 0 Å². The molecule has 180 valence electrons. The maximum absolute atomic E-state index is 13.2. The Kier molecular flexibility index (Phi) is 7.22. The molecule has 1 saturated heterocycles. The number of aliphatic hydroxyl groups is 1. The van der Waals surface area contributed by atoms with Gasteiger partial charge >= 0.3 is 0 Å². The van der Waals surface area contributed by atoms with Crippen LogP contribution in [0.3, 0.4) is 0 Å². The van der Waals surface area contributed by atoms with E-state index in [2.05, 4.69) is 0 Å². The third-order valence-corrected chi connectivity index (χ3v) is 6.01. The van der Waals surface area contributed by atoms with Gasteiger partial charge in [0, 0.05) is 25.8 Å². The molecule has 2 heterocycles. The summed E-state index contributed by atoms with van der Waals surface area (Å²) in [6, 6.07) is 12.0. The number of benzene rings is 2. The van der Waals surface area contributed by atoms with Gasteiger partial charge < -0.3 is 24.2 Å². The van der Waals surface area contributed by atoms with E-state index in [4.69, 9.17) is 14.2 Å². The summed E-state index contributed by atoms with van der Waals surface area (Å²) in [5.41, 5.74) is 2.27. The van der Waals surface area contributed by atoms with Crippen LogP contribution in [0.1, 0.15) is 49.4 Å². The number of ketones is 1. The van der Waals surface area contributed by atoms with Crippen LogP contribution in [0.15, 0.2) is 48.0 Å². The quantitative estimate of drug-likeness (QED) is 0.271. The highest BCUT2D eigenvalue weighted by molar-refractivity contribution is 6.46. The maximum atomic E-state index is 13.2. The first kappa shape index (κ1) is 23.8. The third-order valence-electron chi connectivity index (χ3n) is 6.01. The van der Waals surface area contributed by atoms with Gasteiger partial charge in [-0.25, -0.2) is 0 Å². The fourth-order valence-corrected chi connectivity index (χ4v) is 4.53. The number of rotatable bonds is 8. The van der Waals surface area contributed by atoms with Gasteiger partial charge in [0.05, 0.1) is 24.3 Å². The van der Waals surface area contributed by atoms with Crippen molar-refractivity contribution in [3.05, 3.63) is 64.7 Å². The van der Waals surface area contributed by atoms with Crippen LogP contribution in [-0.4, -0.2) is 54.7 Å². The Morgan fingerprint density at radius 1 is 1.21 bits per heavy atom. The molecule has 7 nitrogen and oxygen atoms in total. The van der Waals surface area contributed by atoms with Crippen LogP contribution in [0.5, 0.6) is 11.5 Å². The largest absolute Gasteiger partial charge is 0.507 e. The highest BCUT2D eigenvalue weighted by atomic mass is 16.5. The molecule has 1 fully saturated rings. The van der Waals surface area contributed by atoms with Gasteiger partial charge in [0.15, 0.2) is 0 Å². The van der Waals surface area contributed by atoms with Crippen molar-refractivity contribution < 1.29 is 28.9 Å². The molecule has 0 spiro atoms. The summed E-state index contributed by atoms with van der Waals surface area (Å²) in [6.07, 6.45) is 2.27. The Morgan fingerprint density at radius 2 is 2.03 bits per heavy atom. The summed E-state index contributed by atoms with van der Waals surface area (Å²) in [5.74, 6) is -0.0665. The molecule has 0 aromatic heterocycles. The van der Waals surface area contributed by atoms with Crippen molar-refractivity contribution in [2.24, 2.45) is 0 Å². The number of ether oxygens (including phenoxy) is 3. The number of aryl methyl sites for hydroxylation is 1. The molecule has 4 rings (SSSR count). The molecule has 0 radical (unpaired) electrons. The van der Waals surface area contributed by atoms with Gasteiger partial charge in [-0.1, -0.05) is 12.1 Å². The van der Waals surface area contributed by atoms with Gasteiger partial charge in [-0.15, -0.1) is 0 Å². The van der Waals surface area contributed by atoms with E-state index in [0.717, 1.165) is 24.2 Å². The number of methoxy groups -OCH3 is 1. The smallest absolute Gasteiger partial charge is 0.295 e. The average Bonchev–Trinajstić information content (AvgIpc) is 3.08. The van der Waals surface area contributed by atoms with Crippen LogP contribution in [0.4, 0.5) is 0 Å². The van der Waals surface area contributed by atoms with Crippen molar-refractivity contribution in [2.75, 3.05) is 26.9 Å². The lowest BCUT2D eigenvalue weighted by atomic mass is 9.94. The zero-order valence-corrected chi connectivity index (χ0v) is 19.9. The molecule has 0 aliphatic carbocycles. The number of nitrogens with zero attached hydrogens (tertiary/aromatic N) is 1. The lowest BCUT2D eigenvalue weighted by Gasteiger charge is -2.26. The standard InChI is InChI=1S/C27H31NO6/c1-17(2)34-21-9-4-7-19(16-21)24-23(26(30)27(31)28(24)12-6-13-32-3)25(29)20-10-11-22-18(15-20)8-5-14-33-22/h4,7,9-11,15-17,24,29H,5-6,8,12-14H2,1-3H3/b25-23-. The van der Waals surface area contributed by atoms with Crippen molar-refractivity contribution in [1.29, 1.82) is 0 Å². The summed E-state index contributed by atoms with van der Waals surface area (Å²) in [5, 5.41) is 11.3. The van der Waals surface area contributed by atoms with Crippen molar-refractivity contribution in [3.8, 4) is 11.5 Å². The van der Waals surface area contributed by atoms with E-state index in [1.807, 2.05) is 50.2 Å². The molecule has 1 unspecified atom stereocenters. The van der Waals surface area contributed by atoms with E-state index in [9.17, 15) is 14.7 Å². The van der Waals surface area contributed by atoms with Gasteiger partial charge in [-0.05, 0) is 74.6 Å². The molecule has 1 amide bonds. The van der Waals surface area contributed by atoms with Gasteiger partial charge in [-0.2, -0.15) is 0 Å². The summed E-state index contributed by atoms with van der Waals surface area (Å²) in [6.45, 7) is 5.32. The topological polar surface area (TPSA) is 85.3 Å². The highest BCUT2D eigenvalue weighted by Gasteiger charge is 2.46. The number of aliphatic hydroxyl groups excluding tert-OH is 1. The summed E-state index contributed by atoms with van der Waals surface area (Å²) in [4.78, 5) is 27.8. The minimum atomic E-state index is -0.722. The minimum absolute atomic E-state index is 0.0268. The number of Topliss-reactive ketones (excluding diaryl/α,β-unsaturated/α-hetero) is 1. The van der Waals surface area contributed by atoms with E-state index < -0.39 is 17.7 Å². The Bertz CT molecular complexity index is 1110. The van der Waals surface area contributed by atoms with Crippen molar-refractivity contribution >= 4 is 17.4 Å². The molecular weight excluding hydrogens is 434 g/mol. The number of carbonyl (C=O) groups is 2. The molecule has 2 aromatic rings. The van der Waals surface area contributed by atoms with Crippen molar-refractivity contribution in [1.82, 2.24) is 4.90 Å². The van der Waals surface area contributed by atoms with Crippen molar-refractivity contribution in [2.45, 2.75) is 45.3 Å². The summed E-state index contributed by atoms with van der Waals surface area (Å²) < 4.78 is 16.7. The number of likely N-dealkylation sites (tertiary alicyclic amines) is 1. The zero-order chi connectivity index (χ0) is 24.2. The van der Waals surface area contributed by atoms with E-state index >= 15 is 0 Å². The summed E-state index contributed by atoms with van der Waals surface area (Å²) in [7, 11) is 1.60. The first-order valence-electron chi connectivity index (χ1n) is 11.7. The predicted molar refractivity (Wildman–Crippen MR) is 128 cm³/mol. The fourth-order valence-electron chi connectivity index (χ4n) is 4.53. The molecule has 0 bridgehead atoms. The molecule has 1 N–H and O–H groups in total. The molecule has 2 aliphatic rings. The van der Waals surface area contributed by atoms with Gasteiger partial charge in [-0.3, -0.25) is 9.59 Å². The minimum Gasteiger partial charge on any atom is -0.507 e. The summed E-state index contributed by atoms with van der Waals surface area (Å²) >= 11 is 0. The van der Waals surface area contributed by atoms with Crippen LogP contribution < -0.4 is 9.47 Å². The second-order valence-electron chi connectivity index (χ2n) is 8.85. The zero-order valence-electron chi connectivity index (χ0n) is 19.9. The molecule has 0 saturated carbocycles. The molecular formula is C27H31NO6. The average molecular weight is 466 g/mol. The van der Waals surface area contributed by atoms with Gasteiger partial charge in [0.1, 0.15) is 17.3 Å². The Balaban J connectivity index is 1.80. The number of hydrogen-bond donors (Lipinski definition) is 1. The van der Waals surface area contributed by atoms with E-state index in [-0.39, 0.29) is 17.4 Å². The maximum Gasteiger partial charge on any atom is 0.295 e. The molecule has 1 atom stereocenters. The second kappa shape index (κ2) is 10.3. The molecule has 2 aliphatic heterocycles. The first-order valence-corrected chi connectivity index (χ1v) is 11.7. The highest BCUT2D eigenvalue weighted by Crippen LogP contribution is 2.41. The number of carbonyl (C=O) groups excluding carboxylic acids is 2.